The summed E-state index contributed by atoms with van der Waals surface area (Å²) >= 11 is 0. The molecule has 1 aromatic heterocycles. The zero-order valence-corrected chi connectivity index (χ0v) is 34.4. The van der Waals surface area contributed by atoms with Gasteiger partial charge in [-0.15, -0.1) is 0 Å². The smallest absolute Gasteiger partial charge is 0.428 e. The van der Waals surface area contributed by atoms with E-state index in [-0.39, 0.29) is 17.7 Å². The third-order valence-corrected chi connectivity index (χ3v) is 11.2. The molecule has 0 saturated carbocycles. The number of hydrogen-bond acceptors (Lipinski definition) is 11. The molecule has 0 aliphatic carbocycles. The van der Waals surface area contributed by atoms with Gasteiger partial charge in [-0.1, -0.05) is 51.1 Å². The molecule has 0 radical (unpaired) electrons. The molecule has 0 unspecified atom stereocenters. The predicted molar refractivity (Wildman–Crippen MR) is 211 cm³/mol. The summed E-state index contributed by atoms with van der Waals surface area (Å²) in [5.74, 6) is -12.0. The Kier molecular flexibility index (Phi) is 15.5. The average Bonchev–Trinajstić information content (AvgIpc) is 3.72. The molecule has 2 heterocycles. The standard InChI is InChI=1S/C40H45F5N6O10S/c1-38(2,3)33(29-19-25(27-20-26(41)9-10-28(27)42)22-50(29)21-24-7-5-4-6-8-24)34(55)35(56)48-14-13-39(46,61-37(58)40(43,44)45)36(57)49-16-18-62(59,60)17-15-47-30(52)23-51-31(53)11-12-32(51)54/h4-12,19-20,22,33-34,55H,13-18,21,23,46H2,1-3H3,(H,47,52)(H,48,56)(H,49,57)/t33-,34+,39+/m1/s1. The Morgan fingerprint density at radius 1 is 0.871 bits per heavy atom. The average molecular weight is 897 g/mol. The topological polar surface area (TPSA) is 236 Å². The van der Waals surface area contributed by atoms with E-state index >= 15 is 0 Å². The lowest BCUT2D eigenvalue weighted by molar-refractivity contribution is -0.214. The third kappa shape index (κ3) is 13.0. The first kappa shape index (κ1) is 48.7. The number of esters is 1. The highest BCUT2D eigenvalue weighted by molar-refractivity contribution is 7.91. The van der Waals surface area contributed by atoms with Crippen LogP contribution in [0.3, 0.4) is 0 Å². The van der Waals surface area contributed by atoms with E-state index < -0.39 is 130 Å². The largest absolute Gasteiger partial charge is 0.491 e. The number of aliphatic hydroxyl groups is 1. The molecule has 1 aliphatic heterocycles. The van der Waals surface area contributed by atoms with Gasteiger partial charge in [0.05, 0.1) is 11.5 Å². The molecule has 0 bridgehead atoms. The maximum Gasteiger partial charge on any atom is 0.491 e. The molecule has 3 aromatic rings. The highest BCUT2D eigenvalue weighted by Gasteiger charge is 2.48. The van der Waals surface area contributed by atoms with Crippen molar-refractivity contribution < 1.29 is 69.0 Å². The van der Waals surface area contributed by atoms with Crippen LogP contribution in [0.5, 0.6) is 0 Å². The predicted octanol–water partition coefficient (Wildman–Crippen LogP) is 1.81. The molecule has 0 spiro atoms. The van der Waals surface area contributed by atoms with Gasteiger partial charge in [0.1, 0.15) is 24.3 Å². The summed E-state index contributed by atoms with van der Waals surface area (Å²) < 4.78 is 100. The van der Waals surface area contributed by atoms with Crippen molar-refractivity contribution in [3.63, 3.8) is 0 Å². The zero-order valence-electron chi connectivity index (χ0n) is 33.6. The van der Waals surface area contributed by atoms with Gasteiger partial charge in [0, 0.05) is 73.7 Å². The molecule has 62 heavy (non-hydrogen) atoms. The summed E-state index contributed by atoms with van der Waals surface area (Å²) in [6, 6.07) is 13.3. The second-order valence-electron chi connectivity index (χ2n) is 15.4. The van der Waals surface area contributed by atoms with Crippen molar-refractivity contribution in [1.82, 2.24) is 25.4 Å². The van der Waals surface area contributed by atoms with Gasteiger partial charge in [-0.2, -0.15) is 13.2 Å². The van der Waals surface area contributed by atoms with E-state index in [1.54, 1.807) is 55.7 Å². The normalized spacial score (nSPS) is 15.2. The van der Waals surface area contributed by atoms with Gasteiger partial charge < -0.3 is 30.4 Å². The van der Waals surface area contributed by atoms with Gasteiger partial charge in [0.25, 0.3) is 17.7 Å². The number of aromatic nitrogens is 1. The van der Waals surface area contributed by atoms with Gasteiger partial charge in [-0.25, -0.2) is 22.0 Å². The lowest BCUT2D eigenvalue weighted by atomic mass is 9.74. The van der Waals surface area contributed by atoms with Crippen LogP contribution in [0.15, 0.2) is 72.9 Å². The van der Waals surface area contributed by atoms with Gasteiger partial charge in [-0.3, -0.25) is 34.6 Å². The maximum absolute atomic E-state index is 15.0. The van der Waals surface area contributed by atoms with Crippen LogP contribution in [0.1, 0.15) is 44.4 Å². The van der Waals surface area contributed by atoms with Gasteiger partial charge in [0.2, 0.25) is 17.5 Å². The molecule has 5 amide bonds. The van der Waals surface area contributed by atoms with Crippen LogP contribution in [0.25, 0.3) is 11.1 Å². The molecular formula is C40H45F5N6O10S. The fraction of sp³-hybridized carbons (Fsp3) is 0.400. The molecule has 2 aromatic carbocycles. The number of nitrogens with one attached hydrogen (secondary N) is 3. The molecular weight excluding hydrogens is 852 g/mol. The fourth-order valence-corrected chi connectivity index (χ4v) is 7.45. The van der Waals surface area contributed by atoms with Gasteiger partial charge >= 0.3 is 12.1 Å². The Morgan fingerprint density at radius 2 is 1.48 bits per heavy atom. The van der Waals surface area contributed by atoms with Crippen molar-refractivity contribution in [2.24, 2.45) is 11.1 Å². The SMILES string of the molecule is CC(C)(C)[C@H](c1cc(-c2cc(F)ccc2F)cn1Cc1ccccc1)[C@H](O)C(=O)NCC[C@](N)(OC(=O)C(F)(F)F)C(=O)NCCS(=O)(=O)CCNC(=O)CN1C(=O)C=CC1=O. The lowest BCUT2D eigenvalue weighted by Crippen LogP contribution is -2.60. The number of nitrogens with zero attached hydrogens (tertiary/aromatic N) is 2. The molecule has 16 nitrogen and oxygen atoms in total. The first-order valence-corrected chi connectivity index (χ1v) is 20.7. The Bertz CT molecular complexity index is 2300. The van der Waals surface area contributed by atoms with Crippen molar-refractivity contribution in [3.05, 3.63) is 95.8 Å². The number of sulfone groups is 1. The third-order valence-electron chi connectivity index (χ3n) is 9.52. The molecule has 22 heteroatoms. The minimum absolute atomic E-state index is 0.0950. The number of imide groups is 1. The van der Waals surface area contributed by atoms with E-state index in [1.165, 1.54) is 12.3 Å². The summed E-state index contributed by atoms with van der Waals surface area (Å²) in [5.41, 5.74) is 3.02. The number of halogens is 5. The highest BCUT2D eigenvalue weighted by Crippen LogP contribution is 2.41. The second kappa shape index (κ2) is 19.8. The Balaban J connectivity index is 1.45. The molecule has 4 rings (SSSR count). The van der Waals surface area contributed by atoms with E-state index in [9.17, 15) is 64.2 Å². The first-order valence-electron chi connectivity index (χ1n) is 18.8. The number of alkyl halides is 3. The number of benzene rings is 2. The number of carbonyl (C=O) groups excluding carboxylic acids is 6. The van der Waals surface area contributed by atoms with Crippen LogP contribution in [0.4, 0.5) is 22.0 Å². The molecule has 0 fully saturated rings. The van der Waals surface area contributed by atoms with Crippen molar-refractivity contribution in [3.8, 4) is 11.1 Å². The van der Waals surface area contributed by atoms with E-state index in [1.807, 2.05) is 5.32 Å². The number of rotatable bonds is 19. The van der Waals surface area contributed by atoms with Crippen LogP contribution in [0.2, 0.25) is 0 Å². The number of ether oxygens (including phenoxy) is 1. The van der Waals surface area contributed by atoms with Crippen LogP contribution >= 0.6 is 0 Å². The number of amides is 5. The molecule has 336 valence electrons. The van der Waals surface area contributed by atoms with Crippen LogP contribution < -0.4 is 21.7 Å². The van der Waals surface area contributed by atoms with E-state index in [0.29, 0.717) is 10.6 Å². The summed E-state index contributed by atoms with van der Waals surface area (Å²) in [5, 5.41) is 18.1. The molecule has 3 atom stereocenters. The van der Waals surface area contributed by atoms with Crippen molar-refractivity contribution in [1.29, 1.82) is 0 Å². The van der Waals surface area contributed by atoms with Crippen molar-refractivity contribution in [2.75, 3.05) is 37.7 Å². The second-order valence-corrected chi connectivity index (χ2v) is 17.7. The minimum atomic E-state index is -5.63. The summed E-state index contributed by atoms with van der Waals surface area (Å²) in [7, 11) is -4.07. The van der Waals surface area contributed by atoms with Crippen LogP contribution in [-0.2, 0) is 49.9 Å². The number of aliphatic hydroxyl groups excluding tert-OH is 1. The van der Waals surface area contributed by atoms with Crippen LogP contribution in [-0.4, -0.2) is 114 Å². The Labute approximate surface area is 352 Å². The highest BCUT2D eigenvalue weighted by atomic mass is 32.2. The van der Waals surface area contributed by atoms with Crippen molar-refractivity contribution in [2.45, 2.75) is 57.7 Å². The monoisotopic (exact) mass is 896 g/mol. The van der Waals surface area contributed by atoms with Crippen molar-refractivity contribution >= 4 is 45.3 Å². The molecule has 0 saturated heterocycles. The lowest BCUT2D eigenvalue weighted by Gasteiger charge is -2.35. The van der Waals surface area contributed by atoms with Crippen LogP contribution in [0, 0.1) is 17.0 Å². The first-order chi connectivity index (χ1) is 28.8. The minimum Gasteiger partial charge on any atom is -0.428 e. The molecule has 6 N–H and O–H groups in total. The number of carbonyl (C=O) groups is 6. The summed E-state index contributed by atoms with van der Waals surface area (Å²) in [6.07, 6.45) is -5.13. The zero-order chi connectivity index (χ0) is 46.2. The number of hydrogen-bond donors (Lipinski definition) is 5. The van der Waals surface area contributed by atoms with E-state index in [0.717, 1.165) is 35.9 Å². The van der Waals surface area contributed by atoms with Gasteiger partial charge in [0.15, 0.2) is 9.84 Å². The summed E-state index contributed by atoms with van der Waals surface area (Å²) in [6.45, 7) is 2.57. The van der Waals surface area contributed by atoms with E-state index in [2.05, 4.69) is 15.4 Å². The Morgan fingerprint density at radius 3 is 2.08 bits per heavy atom. The summed E-state index contributed by atoms with van der Waals surface area (Å²) in [4.78, 5) is 74.4. The fourth-order valence-electron chi connectivity index (χ4n) is 6.42. The number of nitrogens with two attached hydrogens (primary N) is 1. The maximum atomic E-state index is 15.0. The van der Waals surface area contributed by atoms with E-state index in [4.69, 9.17) is 5.73 Å². The quantitative estimate of drug-likeness (QED) is 0.0504. The Hall–Kier alpha value is -6.00. The molecule has 1 aliphatic rings. The van der Waals surface area contributed by atoms with Gasteiger partial charge in [-0.05, 0) is 35.2 Å².